The van der Waals surface area contributed by atoms with Crippen LogP contribution >= 0.6 is 0 Å². The second-order valence-corrected chi connectivity index (χ2v) is 7.59. The summed E-state index contributed by atoms with van der Waals surface area (Å²) in [7, 11) is 0. The highest BCUT2D eigenvalue weighted by Gasteiger charge is 2.43. The minimum atomic E-state index is -0.720. The third-order valence-corrected chi connectivity index (χ3v) is 5.90. The molecule has 3 atom stereocenters. The minimum absolute atomic E-state index is 0.0805. The van der Waals surface area contributed by atoms with Crippen LogP contribution in [0.3, 0.4) is 0 Å². The number of rotatable bonds is 4. The van der Waals surface area contributed by atoms with Crippen molar-refractivity contribution in [3.8, 4) is 0 Å². The first-order valence-electron chi connectivity index (χ1n) is 10.1. The zero-order chi connectivity index (χ0) is 20.4. The lowest BCUT2D eigenvalue weighted by atomic mass is 9.96. The molecule has 0 radical (unpaired) electrons. The van der Waals surface area contributed by atoms with Crippen molar-refractivity contribution in [3.63, 3.8) is 0 Å². The second kappa shape index (κ2) is 8.33. The minimum Gasteiger partial charge on any atom is -0.356 e. The number of ether oxygens (including phenoxy) is 1. The van der Waals surface area contributed by atoms with Crippen molar-refractivity contribution in [3.05, 3.63) is 71.5 Å². The van der Waals surface area contributed by atoms with E-state index in [1.54, 1.807) is 17.0 Å². The Morgan fingerprint density at radius 2 is 1.83 bits per heavy atom. The molecule has 2 aliphatic heterocycles. The highest BCUT2D eigenvalue weighted by molar-refractivity contribution is 5.86. The highest BCUT2D eigenvalue weighted by atomic mass is 19.1. The summed E-state index contributed by atoms with van der Waals surface area (Å²) in [5.41, 5.74) is 1.94. The van der Waals surface area contributed by atoms with Crippen LogP contribution in [0.15, 0.2) is 54.6 Å². The Kier molecular flexibility index (Phi) is 5.62. The fourth-order valence-corrected chi connectivity index (χ4v) is 4.39. The molecular formula is C23H25FN2O3. The third-order valence-electron chi connectivity index (χ3n) is 5.90. The molecule has 6 heteroatoms. The lowest BCUT2D eigenvalue weighted by Crippen LogP contribution is -2.54. The van der Waals surface area contributed by atoms with E-state index in [9.17, 15) is 14.0 Å². The summed E-state index contributed by atoms with van der Waals surface area (Å²) in [5.74, 6) is -0.266. The van der Waals surface area contributed by atoms with Gasteiger partial charge >= 0.3 is 0 Å². The van der Waals surface area contributed by atoms with E-state index in [1.807, 2.05) is 42.2 Å². The summed E-state index contributed by atoms with van der Waals surface area (Å²) in [5, 5.41) is 0. The summed E-state index contributed by atoms with van der Waals surface area (Å²) in [4.78, 5) is 29.3. The normalized spacial score (nSPS) is 24.8. The van der Waals surface area contributed by atoms with Gasteiger partial charge in [-0.25, -0.2) is 4.39 Å². The molecule has 29 heavy (non-hydrogen) atoms. The maximum Gasteiger partial charge on any atom is 0.254 e. The number of likely N-dealkylation sites (N-methyl/N-ethyl adjacent to an activating group) is 1. The topological polar surface area (TPSA) is 49.9 Å². The summed E-state index contributed by atoms with van der Waals surface area (Å²) >= 11 is 0. The van der Waals surface area contributed by atoms with Gasteiger partial charge in [-0.3, -0.25) is 9.59 Å². The smallest absolute Gasteiger partial charge is 0.254 e. The van der Waals surface area contributed by atoms with Gasteiger partial charge in [0, 0.05) is 25.6 Å². The fraction of sp³-hybridized carbons (Fsp3) is 0.391. The van der Waals surface area contributed by atoms with Crippen molar-refractivity contribution in [2.75, 3.05) is 26.2 Å². The maximum atomic E-state index is 13.4. The van der Waals surface area contributed by atoms with E-state index in [0.29, 0.717) is 19.6 Å². The summed E-state index contributed by atoms with van der Waals surface area (Å²) < 4.78 is 19.0. The Balaban J connectivity index is 1.55. The van der Waals surface area contributed by atoms with Crippen LogP contribution < -0.4 is 0 Å². The predicted octanol–water partition coefficient (Wildman–Crippen LogP) is 3.13. The first-order valence-corrected chi connectivity index (χ1v) is 10.1. The van der Waals surface area contributed by atoms with Gasteiger partial charge in [-0.05, 0) is 36.6 Å². The average molecular weight is 396 g/mol. The number of carbonyl (C=O) groups is 2. The number of halogens is 1. The maximum absolute atomic E-state index is 13.4. The molecule has 0 aromatic heterocycles. The number of nitrogens with zero attached hydrogens (tertiary/aromatic N) is 2. The third kappa shape index (κ3) is 3.90. The number of hydrogen-bond acceptors (Lipinski definition) is 3. The van der Waals surface area contributed by atoms with Crippen LogP contribution in [0.5, 0.6) is 0 Å². The van der Waals surface area contributed by atoms with Gasteiger partial charge in [-0.2, -0.15) is 0 Å². The number of likely N-dealkylation sites (tertiary alicyclic amines) is 1. The zero-order valence-electron chi connectivity index (χ0n) is 16.5. The molecule has 2 amide bonds. The molecule has 2 saturated heterocycles. The lowest BCUT2D eigenvalue weighted by molar-refractivity contribution is -0.168. The van der Waals surface area contributed by atoms with Crippen LogP contribution in [0.4, 0.5) is 4.39 Å². The molecule has 2 aromatic rings. The van der Waals surface area contributed by atoms with E-state index < -0.39 is 12.1 Å². The largest absolute Gasteiger partial charge is 0.356 e. The van der Waals surface area contributed by atoms with Crippen molar-refractivity contribution < 1.29 is 18.7 Å². The van der Waals surface area contributed by atoms with Gasteiger partial charge in [0.15, 0.2) is 6.10 Å². The van der Waals surface area contributed by atoms with Gasteiger partial charge < -0.3 is 14.5 Å². The van der Waals surface area contributed by atoms with Crippen LogP contribution in [0.1, 0.15) is 36.4 Å². The van der Waals surface area contributed by atoms with Crippen molar-refractivity contribution in [2.45, 2.75) is 31.4 Å². The van der Waals surface area contributed by atoms with Crippen LogP contribution in [-0.4, -0.2) is 54.0 Å². The molecule has 1 unspecified atom stereocenters. The molecular weight excluding hydrogens is 371 g/mol. The highest BCUT2D eigenvalue weighted by Crippen LogP contribution is 2.34. The molecule has 0 spiro atoms. The Bertz CT molecular complexity index is 871. The van der Waals surface area contributed by atoms with Crippen molar-refractivity contribution >= 4 is 11.8 Å². The molecule has 2 aromatic carbocycles. The van der Waals surface area contributed by atoms with Gasteiger partial charge in [0.25, 0.3) is 5.91 Å². The Labute approximate surface area is 170 Å². The molecule has 2 heterocycles. The fourth-order valence-electron chi connectivity index (χ4n) is 4.39. The van der Waals surface area contributed by atoms with E-state index in [1.165, 1.54) is 12.1 Å². The van der Waals surface area contributed by atoms with Crippen LogP contribution in [0.25, 0.3) is 0 Å². The quantitative estimate of drug-likeness (QED) is 0.798. The molecule has 0 bridgehead atoms. The van der Waals surface area contributed by atoms with Crippen molar-refractivity contribution in [1.82, 2.24) is 9.80 Å². The Hall–Kier alpha value is -2.73. The SMILES string of the molecule is CCN1C(=O)CO[C@H](C(=O)N2CCC(c3ccc(F)cc3)C2)[C@H]1c1ccccc1. The zero-order valence-corrected chi connectivity index (χ0v) is 16.5. The van der Waals surface area contributed by atoms with Crippen LogP contribution in [-0.2, 0) is 14.3 Å². The Morgan fingerprint density at radius 1 is 1.10 bits per heavy atom. The summed E-state index contributed by atoms with van der Waals surface area (Å²) in [6.07, 6.45) is 0.110. The van der Waals surface area contributed by atoms with E-state index in [4.69, 9.17) is 4.74 Å². The van der Waals surface area contributed by atoms with E-state index in [0.717, 1.165) is 17.5 Å². The number of benzene rings is 2. The molecule has 0 saturated carbocycles. The monoisotopic (exact) mass is 396 g/mol. The molecule has 0 N–H and O–H groups in total. The number of amides is 2. The summed E-state index contributed by atoms with van der Waals surface area (Å²) in [6, 6.07) is 15.6. The van der Waals surface area contributed by atoms with Crippen molar-refractivity contribution in [2.24, 2.45) is 0 Å². The Morgan fingerprint density at radius 3 is 2.52 bits per heavy atom. The molecule has 0 aliphatic carbocycles. The van der Waals surface area contributed by atoms with Gasteiger partial charge in [0.2, 0.25) is 5.91 Å². The van der Waals surface area contributed by atoms with Gasteiger partial charge in [0.1, 0.15) is 12.4 Å². The molecule has 2 aliphatic rings. The van der Waals surface area contributed by atoms with Gasteiger partial charge in [-0.1, -0.05) is 42.5 Å². The standard InChI is InChI=1S/C23H25FN2O3/c1-2-26-20(27)15-29-22(21(26)17-6-4-3-5-7-17)23(28)25-13-12-18(14-25)16-8-10-19(24)11-9-16/h3-11,18,21-22H,2,12-15H2,1H3/t18?,21-,22+/m1/s1. The second-order valence-electron chi connectivity index (χ2n) is 7.59. The molecule has 4 rings (SSSR count). The van der Waals surface area contributed by atoms with Crippen LogP contribution in [0.2, 0.25) is 0 Å². The van der Waals surface area contributed by atoms with E-state index >= 15 is 0 Å². The molecule has 2 fully saturated rings. The first-order chi connectivity index (χ1) is 14.1. The number of hydrogen-bond donors (Lipinski definition) is 0. The predicted molar refractivity (Wildman–Crippen MR) is 107 cm³/mol. The van der Waals surface area contributed by atoms with Crippen LogP contribution in [0, 0.1) is 5.82 Å². The lowest BCUT2D eigenvalue weighted by Gasteiger charge is -2.41. The average Bonchev–Trinajstić information content (AvgIpc) is 3.24. The van der Waals surface area contributed by atoms with Gasteiger partial charge in [-0.15, -0.1) is 0 Å². The van der Waals surface area contributed by atoms with E-state index in [2.05, 4.69) is 0 Å². The number of carbonyl (C=O) groups excluding carboxylic acids is 2. The van der Waals surface area contributed by atoms with E-state index in [-0.39, 0.29) is 30.2 Å². The molecule has 5 nitrogen and oxygen atoms in total. The molecule has 152 valence electrons. The first kappa shape index (κ1) is 19.6. The number of morpholine rings is 1. The summed E-state index contributed by atoms with van der Waals surface area (Å²) in [6.45, 7) is 3.56. The van der Waals surface area contributed by atoms with Crippen molar-refractivity contribution in [1.29, 1.82) is 0 Å². The van der Waals surface area contributed by atoms with Gasteiger partial charge in [0.05, 0.1) is 6.04 Å².